The van der Waals surface area contributed by atoms with Crippen molar-refractivity contribution < 1.29 is 25.2 Å². The lowest BCUT2D eigenvalue weighted by atomic mass is 9.33. The second-order valence-electron chi connectivity index (χ2n) is 14.5. The van der Waals surface area contributed by atoms with Crippen LogP contribution in [0.1, 0.15) is 92.9 Å². The summed E-state index contributed by atoms with van der Waals surface area (Å²) in [6.45, 7) is 13.6. The third kappa shape index (κ3) is 2.95. The minimum Gasteiger partial charge on any atom is -0.481 e. The Bertz CT molecular complexity index is 930. The fraction of sp³-hybridized carbons (Fsp3) is 0.900. The molecule has 5 heteroatoms. The lowest BCUT2D eigenvalue weighted by Crippen LogP contribution is -2.68. The molecule has 0 saturated heterocycles. The average Bonchev–Trinajstić information content (AvgIpc) is 2.80. The molecular formula is C30H48O5. The Morgan fingerprint density at radius 3 is 2.31 bits per heavy atom. The van der Waals surface area contributed by atoms with Crippen LogP contribution in [-0.4, -0.2) is 45.2 Å². The Balaban J connectivity index is 1.62. The van der Waals surface area contributed by atoms with E-state index in [-0.39, 0.29) is 34.7 Å². The van der Waals surface area contributed by atoms with Crippen LogP contribution >= 0.6 is 0 Å². The van der Waals surface area contributed by atoms with Crippen molar-refractivity contribution >= 4 is 5.97 Å². The maximum Gasteiger partial charge on any atom is 0.310 e. The van der Waals surface area contributed by atoms with E-state index in [1.165, 1.54) is 5.57 Å². The van der Waals surface area contributed by atoms with Gasteiger partial charge in [0.05, 0.1) is 24.2 Å². The number of aliphatic hydroxyl groups is 3. The van der Waals surface area contributed by atoms with Gasteiger partial charge in [0.1, 0.15) is 0 Å². The van der Waals surface area contributed by atoms with Crippen LogP contribution in [0.25, 0.3) is 0 Å². The van der Waals surface area contributed by atoms with E-state index in [1.54, 1.807) is 0 Å². The Morgan fingerprint density at radius 1 is 1.00 bits per heavy atom. The molecule has 12 atom stereocenters. The minimum absolute atomic E-state index is 0.00815. The highest BCUT2D eigenvalue weighted by molar-refractivity contribution is 5.76. The third-order valence-electron chi connectivity index (χ3n) is 13.5. The highest BCUT2D eigenvalue weighted by Gasteiger charge is 2.70. The van der Waals surface area contributed by atoms with Gasteiger partial charge in [-0.3, -0.25) is 4.79 Å². The van der Waals surface area contributed by atoms with Crippen LogP contribution in [0.15, 0.2) is 11.6 Å². The van der Waals surface area contributed by atoms with E-state index >= 15 is 0 Å². The van der Waals surface area contributed by atoms with E-state index in [9.17, 15) is 25.2 Å². The summed E-state index contributed by atoms with van der Waals surface area (Å²) >= 11 is 0. The maximum atomic E-state index is 12.8. The molecule has 5 aliphatic rings. The van der Waals surface area contributed by atoms with E-state index in [1.807, 2.05) is 6.92 Å². The predicted octanol–water partition coefficient (Wildman–Crippen LogP) is 5.03. The van der Waals surface area contributed by atoms with Crippen LogP contribution in [0.5, 0.6) is 0 Å². The van der Waals surface area contributed by atoms with Gasteiger partial charge >= 0.3 is 5.97 Å². The second-order valence-corrected chi connectivity index (χ2v) is 14.5. The van der Waals surface area contributed by atoms with Gasteiger partial charge in [0.15, 0.2) is 0 Å². The van der Waals surface area contributed by atoms with Crippen LogP contribution in [-0.2, 0) is 4.79 Å². The summed E-state index contributed by atoms with van der Waals surface area (Å²) in [4.78, 5) is 12.8. The van der Waals surface area contributed by atoms with E-state index in [4.69, 9.17) is 0 Å². The van der Waals surface area contributed by atoms with Gasteiger partial charge < -0.3 is 20.4 Å². The summed E-state index contributed by atoms with van der Waals surface area (Å²) in [5.41, 5.74) is -0.214. The number of fused-ring (bicyclic) bond motifs is 7. The summed E-state index contributed by atoms with van der Waals surface area (Å²) in [5.74, 6) is 0.828. The standard InChI is InChI=1S/C30H48O5/c1-17-9-12-30(25(34)35)14-13-28(5)19(23(30)18(17)2)7-8-22-26(3)15-20(32)24(33)27(4,16-31)21(26)10-11-29(22,28)6/h7,17-18,20-24,31-33H,8-16H2,1-6H3,(H,34,35)/t17-,18-,20+,21-,22-,23-,24+,26-,27-,28-,29+,30+/m1/s1. The van der Waals surface area contributed by atoms with Crippen molar-refractivity contribution in [1.82, 2.24) is 0 Å². The molecule has 4 fully saturated rings. The molecule has 5 aliphatic carbocycles. The summed E-state index contributed by atoms with van der Waals surface area (Å²) in [5, 5.41) is 42.9. The molecule has 0 spiro atoms. The number of allylic oxidation sites excluding steroid dienone is 2. The van der Waals surface area contributed by atoms with E-state index in [0.717, 1.165) is 44.9 Å². The number of carbonyl (C=O) groups is 1. The van der Waals surface area contributed by atoms with Crippen LogP contribution in [0.3, 0.4) is 0 Å². The quantitative estimate of drug-likeness (QED) is 0.409. The summed E-state index contributed by atoms with van der Waals surface area (Å²) in [6.07, 6.45) is 7.51. The molecule has 0 aromatic carbocycles. The van der Waals surface area contributed by atoms with E-state index in [0.29, 0.717) is 24.2 Å². The molecule has 0 aliphatic heterocycles. The van der Waals surface area contributed by atoms with Crippen LogP contribution in [0.4, 0.5) is 0 Å². The molecule has 0 heterocycles. The summed E-state index contributed by atoms with van der Waals surface area (Å²) < 4.78 is 0. The number of carboxylic acids is 1. The Hall–Kier alpha value is -0.910. The predicted molar refractivity (Wildman–Crippen MR) is 135 cm³/mol. The first-order chi connectivity index (χ1) is 16.2. The minimum atomic E-state index is -0.907. The summed E-state index contributed by atoms with van der Waals surface area (Å²) in [7, 11) is 0. The lowest BCUT2D eigenvalue weighted by molar-refractivity contribution is -0.244. The van der Waals surface area contributed by atoms with Gasteiger partial charge in [0.2, 0.25) is 0 Å². The fourth-order valence-corrected chi connectivity index (χ4v) is 11.0. The molecule has 4 saturated carbocycles. The molecule has 5 rings (SSSR count). The van der Waals surface area contributed by atoms with Crippen LogP contribution < -0.4 is 0 Å². The van der Waals surface area contributed by atoms with Crippen molar-refractivity contribution in [3.63, 3.8) is 0 Å². The van der Waals surface area contributed by atoms with Gasteiger partial charge in [-0.25, -0.2) is 0 Å². The SMILES string of the molecule is C[C@@H]1[C@H](C)CC[C@]2(C(=O)O)CC[C@]3(C)C(=CC[C@@H]4[C@]5(C)C[C@H](O)[C@H](O)[C@](C)(CO)[C@@H]5CC[C@@]43C)[C@@H]12. The average molecular weight is 489 g/mol. The molecule has 0 aromatic rings. The second kappa shape index (κ2) is 7.80. The zero-order valence-electron chi connectivity index (χ0n) is 22.7. The van der Waals surface area contributed by atoms with E-state index < -0.39 is 29.0 Å². The monoisotopic (exact) mass is 488 g/mol. The summed E-state index contributed by atoms with van der Waals surface area (Å²) in [6, 6.07) is 0. The maximum absolute atomic E-state index is 12.8. The number of rotatable bonds is 2. The molecule has 0 amide bonds. The smallest absolute Gasteiger partial charge is 0.310 e. The number of hydrogen-bond acceptors (Lipinski definition) is 4. The highest BCUT2D eigenvalue weighted by Crippen LogP contribution is 2.75. The first-order valence-corrected chi connectivity index (χ1v) is 14.1. The van der Waals surface area contributed by atoms with Crippen molar-refractivity contribution in [2.24, 2.45) is 56.7 Å². The van der Waals surface area contributed by atoms with Gasteiger partial charge in [-0.1, -0.05) is 53.2 Å². The van der Waals surface area contributed by atoms with Crippen LogP contribution in [0.2, 0.25) is 0 Å². The molecular weight excluding hydrogens is 440 g/mol. The molecule has 0 radical (unpaired) electrons. The number of carboxylic acid groups (broad SMARTS) is 1. The molecule has 5 nitrogen and oxygen atoms in total. The first kappa shape index (κ1) is 25.7. The van der Waals surface area contributed by atoms with Crippen molar-refractivity contribution in [2.75, 3.05) is 6.61 Å². The molecule has 4 N–H and O–H groups in total. The van der Waals surface area contributed by atoms with Gasteiger partial charge in [-0.2, -0.15) is 0 Å². The number of hydrogen-bond donors (Lipinski definition) is 4. The van der Waals surface area contributed by atoms with Gasteiger partial charge in [-0.15, -0.1) is 0 Å². The number of aliphatic carboxylic acids is 1. The topological polar surface area (TPSA) is 98.0 Å². The van der Waals surface area contributed by atoms with Crippen molar-refractivity contribution in [2.45, 2.75) is 105 Å². The van der Waals surface area contributed by atoms with Crippen molar-refractivity contribution in [3.8, 4) is 0 Å². The van der Waals surface area contributed by atoms with Gasteiger partial charge in [-0.05, 0) is 97.2 Å². The molecule has 0 aromatic heterocycles. The van der Waals surface area contributed by atoms with Gasteiger partial charge in [0, 0.05) is 5.41 Å². The zero-order valence-corrected chi connectivity index (χ0v) is 22.7. The zero-order chi connectivity index (χ0) is 25.8. The van der Waals surface area contributed by atoms with Gasteiger partial charge in [0.25, 0.3) is 0 Å². The van der Waals surface area contributed by atoms with E-state index in [2.05, 4.69) is 40.7 Å². The Morgan fingerprint density at radius 2 is 1.69 bits per heavy atom. The molecule has 35 heavy (non-hydrogen) atoms. The Labute approximate surface area is 211 Å². The highest BCUT2D eigenvalue weighted by atomic mass is 16.4. The molecule has 0 unspecified atom stereocenters. The fourth-order valence-electron chi connectivity index (χ4n) is 11.0. The lowest BCUT2D eigenvalue weighted by Gasteiger charge is -2.71. The first-order valence-electron chi connectivity index (χ1n) is 14.1. The largest absolute Gasteiger partial charge is 0.481 e. The molecule has 198 valence electrons. The third-order valence-corrected chi connectivity index (χ3v) is 13.5. The number of aliphatic hydroxyl groups excluding tert-OH is 3. The van der Waals surface area contributed by atoms with Crippen molar-refractivity contribution in [3.05, 3.63) is 11.6 Å². The molecule has 0 bridgehead atoms. The Kier molecular flexibility index (Phi) is 5.73. The van der Waals surface area contributed by atoms with Crippen molar-refractivity contribution in [1.29, 1.82) is 0 Å². The van der Waals surface area contributed by atoms with Crippen LogP contribution in [0, 0.1) is 56.7 Å². The normalized spacial score (nSPS) is 57.7.